The molecular formula is C13H16O4. The number of hydrogen-bond acceptors (Lipinski definition) is 3. The summed E-state index contributed by atoms with van der Waals surface area (Å²) >= 11 is 0. The van der Waals surface area contributed by atoms with Gasteiger partial charge in [0.05, 0.1) is 19.6 Å². The van der Waals surface area contributed by atoms with Gasteiger partial charge in [-0.15, -0.1) is 0 Å². The normalized spacial score (nSPS) is 15.1. The lowest BCUT2D eigenvalue weighted by Gasteiger charge is -2.15. The number of carbonyl (C=O) groups is 1. The first kappa shape index (κ1) is 11.9. The average Bonchev–Trinajstić information content (AvgIpc) is 2.74. The Hall–Kier alpha value is -1.55. The third kappa shape index (κ3) is 2.77. The molecule has 1 aliphatic rings. The highest BCUT2D eigenvalue weighted by atomic mass is 16.5. The van der Waals surface area contributed by atoms with Crippen LogP contribution in [0.4, 0.5) is 0 Å². The summed E-state index contributed by atoms with van der Waals surface area (Å²) in [4.78, 5) is 10.8. The quantitative estimate of drug-likeness (QED) is 0.847. The van der Waals surface area contributed by atoms with Crippen molar-refractivity contribution in [3.63, 3.8) is 0 Å². The third-order valence-corrected chi connectivity index (χ3v) is 2.97. The molecule has 0 spiro atoms. The van der Waals surface area contributed by atoms with E-state index in [-0.39, 0.29) is 12.3 Å². The summed E-state index contributed by atoms with van der Waals surface area (Å²) in [5, 5.41) is 8.89. The number of methoxy groups -OCH3 is 1. The van der Waals surface area contributed by atoms with Crippen molar-refractivity contribution in [1.29, 1.82) is 0 Å². The molecule has 0 saturated carbocycles. The van der Waals surface area contributed by atoms with Crippen molar-refractivity contribution in [2.75, 3.05) is 20.3 Å². The zero-order valence-corrected chi connectivity index (χ0v) is 9.81. The number of fused-ring (bicyclic) bond motifs is 1. The van der Waals surface area contributed by atoms with Crippen LogP contribution < -0.4 is 4.74 Å². The molecule has 4 heteroatoms. The molecule has 1 aromatic carbocycles. The van der Waals surface area contributed by atoms with Crippen molar-refractivity contribution < 1.29 is 19.4 Å². The molecule has 1 aliphatic heterocycles. The van der Waals surface area contributed by atoms with Crippen LogP contribution in [-0.4, -0.2) is 31.4 Å². The van der Waals surface area contributed by atoms with Crippen molar-refractivity contribution in [2.24, 2.45) is 0 Å². The van der Waals surface area contributed by atoms with Gasteiger partial charge in [0.2, 0.25) is 0 Å². The fraction of sp³-hybridized carbons (Fsp3) is 0.462. The first-order valence-corrected chi connectivity index (χ1v) is 5.67. The molecule has 0 radical (unpaired) electrons. The first-order chi connectivity index (χ1) is 8.20. The summed E-state index contributed by atoms with van der Waals surface area (Å²) in [5.74, 6) is 0.0208. The van der Waals surface area contributed by atoms with E-state index in [0.29, 0.717) is 13.2 Å². The summed E-state index contributed by atoms with van der Waals surface area (Å²) in [6.07, 6.45) is 0.990. The van der Waals surface area contributed by atoms with Crippen LogP contribution in [0.2, 0.25) is 0 Å². The molecule has 0 fully saturated rings. The molecule has 2 rings (SSSR count). The van der Waals surface area contributed by atoms with E-state index < -0.39 is 5.97 Å². The number of hydrogen-bond donors (Lipinski definition) is 1. The SMILES string of the molecule is COCC(CC(=O)O)c1ccc2c(c1)CCO2. The minimum absolute atomic E-state index is 0.0908. The number of aliphatic carboxylic acids is 1. The standard InChI is InChI=1S/C13H16O4/c1-16-8-11(7-13(14)15)9-2-3-12-10(6-9)4-5-17-12/h2-3,6,11H,4-5,7-8H2,1H3,(H,14,15). The Morgan fingerprint density at radius 1 is 1.59 bits per heavy atom. The van der Waals surface area contributed by atoms with Gasteiger partial charge >= 0.3 is 5.97 Å². The Morgan fingerprint density at radius 3 is 3.12 bits per heavy atom. The van der Waals surface area contributed by atoms with Gasteiger partial charge < -0.3 is 14.6 Å². The van der Waals surface area contributed by atoms with Gasteiger partial charge in [0.25, 0.3) is 0 Å². The predicted octanol–water partition coefficient (Wildman–Crippen LogP) is 1.83. The first-order valence-electron chi connectivity index (χ1n) is 5.67. The monoisotopic (exact) mass is 236 g/mol. The van der Waals surface area contributed by atoms with E-state index in [1.165, 1.54) is 0 Å². The van der Waals surface area contributed by atoms with Crippen LogP contribution in [0, 0.1) is 0 Å². The molecule has 92 valence electrons. The molecule has 17 heavy (non-hydrogen) atoms. The highest BCUT2D eigenvalue weighted by Crippen LogP contribution is 2.30. The number of rotatable bonds is 5. The molecule has 1 atom stereocenters. The third-order valence-electron chi connectivity index (χ3n) is 2.97. The molecule has 0 saturated heterocycles. The zero-order valence-electron chi connectivity index (χ0n) is 9.81. The van der Waals surface area contributed by atoms with Crippen molar-refractivity contribution in [3.8, 4) is 5.75 Å². The molecule has 1 aromatic rings. The topological polar surface area (TPSA) is 55.8 Å². The van der Waals surface area contributed by atoms with Crippen molar-refractivity contribution in [1.82, 2.24) is 0 Å². The van der Waals surface area contributed by atoms with Crippen LogP contribution in [0.25, 0.3) is 0 Å². The van der Waals surface area contributed by atoms with Crippen LogP contribution >= 0.6 is 0 Å². The molecule has 0 aliphatic carbocycles. The number of carboxylic acid groups (broad SMARTS) is 1. The smallest absolute Gasteiger partial charge is 0.304 e. The zero-order chi connectivity index (χ0) is 12.3. The highest BCUT2D eigenvalue weighted by Gasteiger charge is 2.19. The lowest BCUT2D eigenvalue weighted by atomic mass is 9.94. The highest BCUT2D eigenvalue weighted by molar-refractivity contribution is 5.68. The van der Waals surface area contributed by atoms with Gasteiger partial charge in [0, 0.05) is 19.4 Å². The second-order valence-corrected chi connectivity index (χ2v) is 4.22. The van der Waals surface area contributed by atoms with Gasteiger partial charge in [0.15, 0.2) is 0 Å². The molecule has 0 bridgehead atoms. The average molecular weight is 236 g/mol. The molecule has 1 heterocycles. The second kappa shape index (κ2) is 5.19. The largest absolute Gasteiger partial charge is 0.493 e. The summed E-state index contributed by atoms with van der Waals surface area (Å²) in [6.45, 7) is 1.14. The van der Waals surface area contributed by atoms with Crippen molar-refractivity contribution in [3.05, 3.63) is 29.3 Å². The Kier molecular flexibility index (Phi) is 3.64. The minimum atomic E-state index is -0.802. The summed E-state index contributed by atoms with van der Waals surface area (Å²) < 4.78 is 10.5. The number of ether oxygens (including phenoxy) is 2. The van der Waals surface area contributed by atoms with Crippen LogP contribution in [0.1, 0.15) is 23.5 Å². The maximum atomic E-state index is 10.8. The van der Waals surface area contributed by atoms with Gasteiger partial charge in [-0.25, -0.2) is 0 Å². The fourth-order valence-electron chi connectivity index (χ4n) is 2.15. The molecule has 1 unspecified atom stereocenters. The Labute approximate surface area is 100 Å². The van der Waals surface area contributed by atoms with Gasteiger partial charge in [-0.1, -0.05) is 12.1 Å². The van der Waals surface area contributed by atoms with Crippen molar-refractivity contribution in [2.45, 2.75) is 18.8 Å². The van der Waals surface area contributed by atoms with E-state index in [0.717, 1.165) is 23.3 Å². The summed E-state index contributed by atoms with van der Waals surface area (Å²) in [6, 6.07) is 5.88. The van der Waals surface area contributed by atoms with Crippen LogP contribution in [0.15, 0.2) is 18.2 Å². The Bertz CT molecular complexity index is 414. The summed E-state index contributed by atoms with van der Waals surface area (Å²) in [7, 11) is 1.59. The molecule has 4 nitrogen and oxygen atoms in total. The van der Waals surface area contributed by atoms with E-state index in [2.05, 4.69) is 0 Å². The predicted molar refractivity (Wildman–Crippen MR) is 62.5 cm³/mol. The van der Waals surface area contributed by atoms with Crippen molar-refractivity contribution >= 4 is 5.97 Å². The van der Waals surface area contributed by atoms with Crippen LogP contribution in [0.5, 0.6) is 5.75 Å². The van der Waals surface area contributed by atoms with E-state index in [4.69, 9.17) is 14.6 Å². The Morgan fingerprint density at radius 2 is 2.41 bits per heavy atom. The maximum Gasteiger partial charge on any atom is 0.304 e. The lowest BCUT2D eigenvalue weighted by molar-refractivity contribution is -0.137. The van der Waals surface area contributed by atoms with Crippen LogP contribution in [-0.2, 0) is 16.0 Å². The van der Waals surface area contributed by atoms with E-state index in [1.54, 1.807) is 7.11 Å². The number of carboxylic acids is 1. The van der Waals surface area contributed by atoms with E-state index >= 15 is 0 Å². The Balaban J connectivity index is 2.20. The lowest BCUT2D eigenvalue weighted by Crippen LogP contribution is -2.11. The molecule has 0 aromatic heterocycles. The van der Waals surface area contributed by atoms with Gasteiger partial charge in [-0.05, 0) is 17.2 Å². The fourth-order valence-corrected chi connectivity index (χ4v) is 2.15. The van der Waals surface area contributed by atoms with E-state index in [9.17, 15) is 4.79 Å². The molecule has 1 N–H and O–H groups in total. The van der Waals surface area contributed by atoms with Gasteiger partial charge in [-0.2, -0.15) is 0 Å². The van der Waals surface area contributed by atoms with E-state index in [1.807, 2.05) is 18.2 Å². The maximum absolute atomic E-state index is 10.8. The molecule has 0 amide bonds. The minimum Gasteiger partial charge on any atom is -0.493 e. The van der Waals surface area contributed by atoms with Crippen LogP contribution in [0.3, 0.4) is 0 Å². The summed E-state index contributed by atoms with van der Waals surface area (Å²) in [5.41, 5.74) is 2.17. The number of benzene rings is 1. The van der Waals surface area contributed by atoms with Gasteiger partial charge in [-0.3, -0.25) is 4.79 Å². The van der Waals surface area contributed by atoms with Gasteiger partial charge in [0.1, 0.15) is 5.75 Å². The molecular weight excluding hydrogens is 220 g/mol. The second-order valence-electron chi connectivity index (χ2n) is 4.22.